The Hall–Kier alpha value is -5.40. The number of aromatic nitrogens is 3. The van der Waals surface area contributed by atoms with E-state index in [-0.39, 0.29) is 11.5 Å². The van der Waals surface area contributed by atoms with Gasteiger partial charge in [0.1, 0.15) is 0 Å². The number of carboxylic acids is 1. The fourth-order valence-corrected chi connectivity index (χ4v) is 9.12. The number of ketones is 1. The number of aromatic carboxylic acids is 1. The summed E-state index contributed by atoms with van der Waals surface area (Å²) in [6, 6.07) is 23.4. The molecule has 1 unspecified atom stereocenters. The number of hydrogen-bond donors (Lipinski definition) is 1. The highest BCUT2D eigenvalue weighted by atomic mass is 16.4. The standard InChI is InChI=1S/C37H38N2O.C9H6N2O2/c1-2-39-20-17-30-33(26-11-12-26)21-24(22-34(30)39)23-38-18-15-27(16-19-38)35-31-10-6-5-9-29(31)32-14-13-25-7-3-4-8-28(25)36(32)37(35)40;12-9(13)7-3-6-4-10-2-1-8(6)11-5-7/h3-5,7-9,13-14,17,20-22,26-27,35H,2,6,10-12,15-16,18-19,23H2,1H3;1-5H,(H,12,13). The van der Waals surface area contributed by atoms with Crippen LogP contribution >= 0.6 is 0 Å². The van der Waals surface area contributed by atoms with Crippen LogP contribution in [0.15, 0.2) is 109 Å². The number of likely N-dealkylation sites (tertiary alicyclic amines) is 1. The van der Waals surface area contributed by atoms with E-state index in [0.717, 1.165) is 85.2 Å². The summed E-state index contributed by atoms with van der Waals surface area (Å²) < 4.78 is 2.40. The Bertz CT molecular complexity index is 2460. The van der Waals surface area contributed by atoms with E-state index in [4.69, 9.17) is 5.11 Å². The summed E-state index contributed by atoms with van der Waals surface area (Å²) in [5, 5.41) is 13.2. The number of piperidine rings is 1. The van der Waals surface area contributed by atoms with Crippen molar-refractivity contribution in [3.63, 3.8) is 0 Å². The van der Waals surface area contributed by atoms with Crippen molar-refractivity contribution in [3.8, 4) is 0 Å². The van der Waals surface area contributed by atoms with Crippen molar-refractivity contribution >= 4 is 49.9 Å². The molecule has 0 bridgehead atoms. The fraction of sp³-hybridized carbons (Fsp3) is 0.304. The largest absolute Gasteiger partial charge is 0.478 e. The lowest BCUT2D eigenvalue weighted by Crippen LogP contribution is -2.40. The minimum absolute atomic E-state index is 0.0334. The summed E-state index contributed by atoms with van der Waals surface area (Å²) in [6.45, 7) is 6.41. The van der Waals surface area contributed by atoms with Crippen LogP contribution in [0, 0.1) is 11.8 Å². The van der Waals surface area contributed by atoms with Gasteiger partial charge in [0.25, 0.3) is 0 Å². The summed E-state index contributed by atoms with van der Waals surface area (Å²) in [7, 11) is 0. The predicted molar refractivity (Wildman–Crippen MR) is 211 cm³/mol. The van der Waals surface area contributed by atoms with E-state index in [1.54, 1.807) is 30.1 Å². The van der Waals surface area contributed by atoms with Crippen molar-refractivity contribution in [2.45, 2.75) is 64.5 Å². The quantitative estimate of drug-likeness (QED) is 0.186. The zero-order valence-electron chi connectivity index (χ0n) is 30.2. The maximum absolute atomic E-state index is 14.3. The smallest absolute Gasteiger partial charge is 0.337 e. The number of nitrogens with zero attached hydrogens (tertiary/aromatic N) is 4. The highest BCUT2D eigenvalue weighted by Crippen LogP contribution is 2.47. The highest BCUT2D eigenvalue weighted by Gasteiger charge is 2.40. The molecule has 3 aromatic heterocycles. The second-order valence-corrected chi connectivity index (χ2v) is 15.1. The number of benzene rings is 3. The molecule has 0 spiro atoms. The normalized spacial score (nSPS) is 19.0. The van der Waals surface area contributed by atoms with Gasteiger partial charge in [0.15, 0.2) is 5.78 Å². The van der Waals surface area contributed by atoms with Crippen LogP contribution in [0.4, 0.5) is 0 Å². The number of carbonyl (C=O) groups excluding carboxylic acids is 1. The van der Waals surface area contributed by atoms with Crippen molar-refractivity contribution in [2.75, 3.05) is 13.1 Å². The maximum atomic E-state index is 14.3. The van der Waals surface area contributed by atoms with Gasteiger partial charge in [-0.3, -0.25) is 19.7 Å². The number of pyridine rings is 2. The van der Waals surface area contributed by atoms with Gasteiger partial charge in [-0.05, 0) is 128 Å². The number of rotatable bonds is 6. The molecular weight excluding hydrogens is 657 g/mol. The Morgan fingerprint density at radius 2 is 1.77 bits per heavy atom. The topological polar surface area (TPSA) is 88.3 Å². The molecule has 266 valence electrons. The van der Waals surface area contributed by atoms with Crippen LogP contribution in [-0.4, -0.2) is 49.4 Å². The Labute approximate surface area is 309 Å². The molecule has 7 nitrogen and oxygen atoms in total. The van der Waals surface area contributed by atoms with Crippen LogP contribution in [0.5, 0.6) is 0 Å². The SMILES string of the molecule is CCn1ccc2c(C3CC3)cc(CN3CCC(C4C(=O)c5c(ccc6ccccc56)C5=C4CCC=C5)CC3)cc21.O=C(O)c1cnc2ccncc2c1. The molecule has 0 amide bonds. The van der Waals surface area contributed by atoms with Gasteiger partial charge in [-0.15, -0.1) is 0 Å². The lowest BCUT2D eigenvalue weighted by atomic mass is 9.66. The second kappa shape index (κ2) is 13.9. The predicted octanol–water partition coefficient (Wildman–Crippen LogP) is 9.85. The average Bonchev–Trinajstić information content (AvgIpc) is 3.97. The van der Waals surface area contributed by atoms with E-state index in [1.807, 2.05) is 0 Å². The third-order valence-corrected chi connectivity index (χ3v) is 11.9. The number of fused-ring (bicyclic) bond motifs is 6. The van der Waals surface area contributed by atoms with Gasteiger partial charge in [-0.1, -0.05) is 60.2 Å². The van der Waals surface area contributed by atoms with E-state index in [9.17, 15) is 9.59 Å². The second-order valence-electron chi connectivity index (χ2n) is 15.1. The lowest BCUT2D eigenvalue weighted by Gasteiger charge is -2.40. The molecule has 1 saturated heterocycles. The third kappa shape index (κ3) is 6.27. The van der Waals surface area contributed by atoms with Gasteiger partial charge in [-0.2, -0.15) is 0 Å². The van der Waals surface area contributed by atoms with Crippen molar-refractivity contribution in [1.29, 1.82) is 0 Å². The number of carboxylic acid groups (broad SMARTS) is 1. The molecule has 1 atom stereocenters. The number of hydrogen-bond acceptors (Lipinski definition) is 5. The van der Waals surface area contributed by atoms with E-state index < -0.39 is 5.97 Å². The first-order chi connectivity index (χ1) is 26.0. The molecule has 10 rings (SSSR count). The molecule has 3 aromatic carbocycles. The molecule has 6 aromatic rings. The Balaban J connectivity index is 0.000000242. The summed E-state index contributed by atoms with van der Waals surface area (Å²) in [5.74, 6) is 0.613. The molecule has 1 saturated carbocycles. The van der Waals surface area contributed by atoms with Crippen molar-refractivity contribution < 1.29 is 14.7 Å². The zero-order valence-corrected chi connectivity index (χ0v) is 30.2. The maximum Gasteiger partial charge on any atom is 0.337 e. The van der Waals surface area contributed by atoms with Crippen LogP contribution in [0.2, 0.25) is 0 Å². The molecular formula is C46H44N4O3. The fourth-order valence-electron chi connectivity index (χ4n) is 9.12. The van der Waals surface area contributed by atoms with Crippen LogP contribution in [0.25, 0.3) is 38.2 Å². The first-order valence-electron chi connectivity index (χ1n) is 19.2. The average molecular weight is 701 g/mol. The first kappa shape index (κ1) is 33.4. The van der Waals surface area contributed by atoms with Gasteiger partial charge < -0.3 is 9.67 Å². The van der Waals surface area contributed by atoms with E-state index in [1.165, 1.54) is 52.0 Å². The van der Waals surface area contributed by atoms with Gasteiger partial charge in [-0.25, -0.2) is 4.79 Å². The zero-order chi connectivity index (χ0) is 36.1. The van der Waals surface area contributed by atoms with E-state index in [0.29, 0.717) is 11.7 Å². The molecule has 1 N–H and O–H groups in total. The summed E-state index contributed by atoms with van der Waals surface area (Å²) in [5.41, 5.74) is 10.2. The first-order valence-corrected chi connectivity index (χ1v) is 19.2. The molecule has 3 aliphatic carbocycles. The Morgan fingerprint density at radius 1 is 0.925 bits per heavy atom. The van der Waals surface area contributed by atoms with Gasteiger partial charge in [0.2, 0.25) is 0 Å². The third-order valence-electron chi connectivity index (χ3n) is 11.9. The molecule has 4 aliphatic rings. The molecule has 53 heavy (non-hydrogen) atoms. The Kier molecular flexibility index (Phi) is 8.75. The molecule has 0 radical (unpaired) electrons. The summed E-state index contributed by atoms with van der Waals surface area (Å²) >= 11 is 0. The molecule has 4 heterocycles. The van der Waals surface area contributed by atoms with Crippen molar-refractivity contribution in [2.24, 2.45) is 11.8 Å². The molecule has 2 fully saturated rings. The number of aryl methyl sites for hydroxylation is 1. The van der Waals surface area contributed by atoms with E-state index in [2.05, 4.69) is 99.3 Å². The van der Waals surface area contributed by atoms with Crippen molar-refractivity contribution in [3.05, 3.63) is 137 Å². The number of Topliss-reactive ketones (excluding diaryl/α,β-unsaturated/α-hetero) is 1. The number of carbonyl (C=O) groups is 2. The lowest BCUT2D eigenvalue weighted by molar-refractivity contribution is 0.0696. The highest BCUT2D eigenvalue weighted by molar-refractivity contribution is 6.17. The van der Waals surface area contributed by atoms with Crippen LogP contribution < -0.4 is 0 Å². The van der Waals surface area contributed by atoms with Gasteiger partial charge in [0.05, 0.1) is 11.1 Å². The molecule has 1 aliphatic heterocycles. The minimum atomic E-state index is -0.974. The van der Waals surface area contributed by atoms with Gasteiger partial charge in [0, 0.05) is 65.6 Å². The van der Waals surface area contributed by atoms with Crippen LogP contribution in [0.3, 0.4) is 0 Å². The minimum Gasteiger partial charge on any atom is -0.478 e. The van der Waals surface area contributed by atoms with Gasteiger partial charge >= 0.3 is 5.97 Å². The van der Waals surface area contributed by atoms with Crippen LogP contribution in [-0.2, 0) is 13.1 Å². The van der Waals surface area contributed by atoms with Crippen molar-refractivity contribution in [1.82, 2.24) is 19.4 Å². The number of allylic oxidation sites excluding steroid dienone is 4. The summed E-state index contributed by atoms with van der Waals surface area (Å²) in [6.07, 6.45) is 18.4. The van der Waals surface area contributed by atoms with Crippen LogP contribution in [0.1, 0.15) is 88.8 Å². The Morgan fingerprint density at radius 3 is 2.58 bits per heavy atom. The summed E-state index contributed by atoms with van der Waals surface area (Å²) in [4.78, 5) is 35.4. The molecule has 7 heteroatoms. The monoisotopic (exact) mass is 700 g/mol. The van der Waals surface area contributed by atoms with E-state index >= 15 is 0 Å².